The lowest BCUT2D eigenvalue weighted by molar-refractivity contribution is -0.113. The van der Waals surface area contributed by atoms with Crippen LogP contribution < -0.4 is 19.5 Å². The van der Waals surface area contributed by atoms with Crippen LogP contribution in [0.2, 0.25) is 5.02 Å². The molecule has 5 aromatic rings. The van der Waals surface area contributed by atoms with Crippen molar-refractivity contribution in [1.82, 2.24) is 20.2 Å². The van der Waals surface area contributed by atoms with Crippen LogP contribution in [0.4, 0.5) is 5.69 Å². The Hall–Kier alpha value is -4.22. The van der Waals surface area contributed by atoms with Crippen molar-refractivity contribution in [3.8, 4) is 40.1 Å². The molecule has 0 unspecified atom stereocenters. The van der Waals surface area contributed by atoms with Gasteiger partial charge in [0.2, 0.25) is 17.5 Å². The maximum atomic E-state index is 12.5. The van der Waals surface area contributed by atoms with Crippen LogP contribution in [0.25, 0.3) is 33.9 Å². The maximum absolute atomic E-state index is 12.5. The van der Waals surface area contributed by atoms with Crippen molar-refractivity contribution in [3.05, 3.63) is 59.6 Å². The number of aromatic nitrogens is 4. The lowest BCUT2D eigenvalue weighted by Crippen LogP contribution is -2.14. The summed E-state index contributed by atoms with van der Waals surface area (Å²) < 4.78 is 21.7. The third kappa shape index (κ3) is 5.38. The van der Waals surface area contributed by atoms with E-state index in [9.17, 15) is 4.79 Å². The number of thioether (sulfide) groups is 1. The predicted molar refractivity (Wildman–Crippen MR) is 145 cm³/mol. The normalized spacial score (nSPS) is 10.9. The molecule has 0 bridgehead atoms. The molecule has 0 spiro atoms. The molecule has 2 aromatic heterocycles. The monoisotopic (exact) mass is 551 g/mol. The summed E-state index contributed by atoms with van der Waals surface area (Å²) in [6.45, 7) is 0. The molecule has 2 N–H and O–H groups in total. The van der Waals surface area contributed by atoms with E-state index in [0.29, 0.717) is 33.8 Å². The summed E-state index contributed by atoms with van der Waals surface area (Å²) in [4.78, 5) is 20.4. The number of H-pyrrole nitrogens is 1. The molecule has 0 aliphatic carbocycles. The third-order valence-electron chi connectivity index (χ3n) is 5.53. The van der Waals surface area contributed by atoms with Crippen LogP contribution in [-0.4, -0.2) is 53.2 Å². The van der Waals surface area contributed by atoms with Gasteiger partial charge >= 0.3 is 0 Å². The van der Waals surface area contributed by atoms with E-state index in [4.69, 9.17) is 30.2 Å². The number of halogens is 1. The number of amides is 1. The van der Waals surface area contributed by atoms with Gasteiger partial charge in [-0.1, -0.05) is 35.5 Å². The highest BCUT2D eigenvalue weighted by Crippen LogP contribution is 2.40. The first-order valence-corrected chi connectivity index (χ1v) is 12.7. The van der Waals surface area contributed by atoms with Gasteiger partial charge in [0.15, 0.2) is 11.5 Å². The minimum Gasteiger partial charge on any atom is -0.493 e. The number of hydrogen-bond donors (Lipinski definition) is 2. The molecule has 0 saturated heterocycles. The second-order valence-electron chi connectivity index (χ2n) is 7.95. The summed E-state index contributed by atoms with van der Waals surface area (Å²) in [7, 11) is 4.53. The van der Waals surface area contributed by atoms with Crippen molar-refractivity contribution in [1.29, 1.82) is 0 Å². The van der Waals surface area contributed by atoms with E-state index in [1.54, 1.807) is 18.2 Å². The Morgan fingerprint density at radius 1 is 0.974 bits per heavy atom. The predicted octanol–water partition coefficient (Wildman–Crippen LogP) is 5.69. The molecule has 194 valence electrons. The van der Waals surface area contributed by atoms with Crippen molar-refractivity contribution >= 4 is 46.0 Å². The number of imidazole rings is 1. The molecule has 0 fully saturated rings. The number of hydrogen-bond acceptors (Lipinski definition) is 9. The van der Waals surface area contributed by atoms with Crippen LogP contribution in [0.1, 0.15) is 0 Å². The summed E-state index contributed by atoms with van der Waals surface area (Å²) in [6, 6.07) is 16.4. The van der Waals surface area contributed by atoms with Crippen molar-refractivity contribution in [3.63, 3.8) is 0 Å². The second-order valence-corrected chi connectivity index (χ2v) is 9.31. The van der Waals surface area contributed by atoms with Gasteiger partial charge < -0.3 is 28.9 Å². The number of anilines is 1. The first kappa shape index (κ1) is 25.4. The number of fused-ring (bicyclic) bond motifs is 1. The Kier molecular flexibility index (Phi) is 7.38. The molecule has 0 atom stereocenters. The van der Waals surface area contributed by atoms with Crippen molar-refractivity contribution < 1.29 is 23.4 Å². The molecule has 38 heavy (non-hydrogen) atoms. The molecule has 0 radical (unpaired) electrons. The Labute approximate surface area is 226 Å². The second kappa shape index (κ2) is 11.0. The zero-order valence-corrected chi connectivity index (χ0v) is 22.1. The average molecular weight is 552 g/mol. The molecule has 0 saturated carbocycles. The molecule has 1 amide bonds. The smallest absolute Gasteiger partial charge is 0.277 e. The molecule has 12 heteroatoms. The van der Waals surface area contributed by atoms with Crippen LogP contribution in [-0.2, 0) is 4.79 Å². The van der Waals surface area contributed by atoms with Crippen LogP contribution in [0.3, 0.4) is 0 Å². The fourth-order valence-corrected chi connectivity index (χ4v) is 4.49. The molecule has 3 aromatic carbocycles. The number of methoxy groups -OCH3 is 3. The van der Waals surface area contributed by atoms with E-state index in [2.05, 4.69) is 25.5 Å². The Morgan fingerprint density at radius 2 is 1.68 bits per heavy atom. The van der Waals surface area contributed by atoms with E-state index in [1.807, 2.05) is 36.4 Å². The van der Waals surface area contributed by atoms with Crippen LogP contribution in [0, 0.1) is 0 Å². The van der Waals surface area contributed by atoms with E-state index in [-0.39, 0.29) is 16.9 Å². The number of ether oxygens (including phenoxy) is 3. The van der Waals surface area contributed by atoms with Crippen molar-refractivity contribution in [2.75, 3.05) is 32.4 Å². The van der Waals surface area contributed by atoms with Gasteiger partial charge in [0.05, 0.1) is 38.1 Å². The first-order valence-electron chi connectivity index (χ1n) is 11.3. The number of carbonyl (C=O) groups excluding carboxylic acids is 1. The molecule has 10 nitrogen and oxygen atoms in total. The maximum Gasteiger partial charge on any atom is 0.277 e. The molecule has 5 rings (SSSR count). The van der Waals surface area contributed by atoms with E-state index < -0.39 is 0 Å². The summed E-state index contributed by atoms with van der Waals surface area (Å²) in [5.41, 5.74) is 3.85. The fraction of sp³-hybridized carbons (Fsp3) is 0.154. The summed E-state index contributed by atoms with van der Waals surface area (Å²) in [6.07, 6.45) is 0. The molecule has 0 aliphatic heterocycles. The number of rotatable bonds is 9. The highest BCUT2D eigenvalue weighted by atomic mass is 35.5. The quantitative estimate of drug-likeness (QED) is 0.222. The summed E-state index contributed by atoms with van der Waals surface area (Å²) >= 11 is 7.19. The minimum atomic E-state index is -0.263. The van der Waals surface area contributed by atoms with Gasteiger partial charge in [-0.15, -0.1) is 10.2 Å². The van der Waals surface area contributed by atoms with Gasteiger partial charge in [-0.2, -0.15) is 0 Å². The number of nitrogens with one attached hydrogen (secondary N) is 2. The topological polar surface area (TPSA) is 124 Å². The largest absolute Gasteiger partial charge is 0.493 e. The highest BCUT2D eigenvalue weighted by Gasteiger charge is 2.16. The van der Waals surface area contributed by atoms with Crippen molar-refractivity contribution in [2.24, 2.45) is 0 Å². The Balaban J connectivity index is 1.22. The van der Waals surface area contributed by atoms with Gasteiger partial charge in [0.25, 0.3) is 5.22 Å². The van der Waals surface area contributed by atoms with E-state index in [0.717, 1.165) is 39.7 Å². The van der Waals surface area contributed by atoms with Crippen LogP contribution in [0.15, 0.2) is 64.2 Å². The van der Waals surface area contributed by atoms with Crippen LogP contribution in [0.5, 0.6) is 17.2 Å². The third-order valence-corrected chi connectivity index (χ3v) is 6.58. The van der Waals surface area contributed by atoms with Gasteiger partial charge in [-0.25, -0.2) is 4.98 Å². The fourth-order valence-electron chi connectivity index (χ4n) is 3.75. The SMILES string of the molecule is COc1cc(NC(=O)CSc2nnc(-c3ccc(-c4nc5ccc(Cl)cc5[nH]4)cc3)o2)cc(OC)c1OC. The minimum absolute atomic E-state index is 0.0628. The van der Waals surface area contributed by atoms with Gasteiger partial charge in [0.1, 0.15) is 5.82 Å². The Morgan fingerprint density at radius 3 is 2.37 bits per heavy atom. The van der Waals surface area contributed by atoms with Crippen molar-refractivity contribution in [2.45, 2.75) is 5.22 Å². The molecular weight excluding hydrogens is 530 g/mol. The summed E-state index contributed by atoms with van der Waals surface area (Å²) in [5.74, 6) is 2.19. The van der Waals surface area contributed by atoms with Gasteiger partial charge in [-0.3, -0.25) is 4.79 Å². The van der Waals surface area contributed by atoms with Gasteiger partial charge in [-0.05, 0) is 30.3 Å². The molecule has 0 aliphatic rings. The average Bonchev–Trinajstić information content (AvgIpc) is 3.58. The zero-order valence-electron chi connectivity index (χ0n) is 20.6. The molecule has 2 heterocycles. The zero-order chi connectivity index (χ0) is 26.6. The number of benzene rings is 3. The lowest BCUT2D eigenvalue weighted by atomic mass is 10.1. The number of aromatic amines is 1. The standard InChI is InChI=1S/C26H22ClN5O5S/c1-34-20-11-17(12-21(35-2)23(20)36-3)28-22(33)13-38-26-32-31-25(37-26)15-6-4-14(5-7-15)24-29-18-9-8-16(27)10-19(18)30-24/h4-12H,13H2,1-3H3,(H,28,33)(H,29,30). The highest BCUT2D eigenvalue weighted by molar-refractivity contribution is 7.99. The lowest BCUT2D eigenvalue weighted by Gasteiger charge is -2.14. The van der Waals surface area contributed by atoms with Gasteiger partial charge in [0, 0.05) is 34.0 Å². The first-order chi connectivity index (χ1) is 18.5. The summed E-state index contributed by atoms with van der Waals surface area (Å²) in [5, 5.41) is 11.9. The Bertz CT molecular complexity index is 1580. The number of carbonyl (C=O) groups is 1. The van der Waals surface area contributed by atoms with Crippen LogP contribution >= 0.6 is 23.4 Å². The number of nitrogens with zero attached hydrogens (tertiary/aromatic N) is 3. The van der Waals surface area contributed by atoms with E-state index in [1.165, 1.54) is 21.3 Å². The van der Waals surface area contributed by atoms with E-state index >= 15 is 0 Å². The molecular formula is C26H22ClN5O5S.